The van der Waals surface area contributed by atoms with E-state index in [1.54, 1.807) is 22.0 Å². The lowest BCUT2D eigenvalue weighted by Crippen LogP contribution is -2.44. The minimum Gasteiger partial charge on any atom is -0.332 e. The Morgan fingerprint density at radius 1 is 1.31 bits per heavy atom. The average molecular weight is 400 g/mol. The van der Waals surface area contributed by atoms with Crippen LogP contribution >= 0.6 is 0 Å². The van der Waals surface area contributed by atoms with E-state index < -0.39 is 17.7 Å². The Bertz CT molecular complexity index is 1020. The van der Waals surface area contributed by atoms with Crippen LogP contribution in [0.4, 0.5) is 20.4 Å². The first kappa shape index (κ1) is 18.2. The highest BCUT2D eigenvalue weighted by atomic mass is 19.3. The van der Waals surface area contributed by atoms with E-state index in [1.165, 1.54) is 0 Å². The number of hydrogen-bond acceptors (Lipinski definition) is 5. The van der Waals surface area contributed by atoms with Gasteiger partial charge in [0, 0.05) is 31.9 Å². The molecule has 1 amide bonds. The van der Waals surface area contributed by atoms with Crippen molar-refractivity contribution in [1.29, 1.82) is 0 Å². The lowest BCUT2D eigenvalue weighted by molar-refractivity contribution is -0.137. The van der Waals surface area contributed by atoms with E-state index >= 15 is 0 Å². The molecule has 2 bridgehead atoms. The number of fused-ring (bicyclic) bond motifs is 2. The van der Waals surface area contributed by atoms with Gasteiger partial charge in [0.25, 0.3) is 5.92 Å². The van der Waals surface area contributed by atoms with Crippen LogP contribution in [-0.4, -0.2) is 48.6 Å². The van der Waals surface area contributed by atoms with Gasteiger partial charge in [0.1, 0.15) is 5.92 Å². The molecule has 1 aliphatic carbocycles. The second kappa shape index (κ2) is 6.33. The maximum Gasteiger partial charge on any atom is 0.260 e. The lowest BCUT2D eigenvalue weighted by Gasteiger charge is -2.34. The molecule has 2 fully saturated rings. The van der Waals surface area contributed by atoms with E-state index in [2.05, 4.69) is 20.4 Å². The van der Waals surface area contributed by atoms with Gasteiger partial charge in [0.2, 0.25) is 11.9 Å². The van der Waals surface area contributed by atoms with Crippen LogP contribution in [-0.2, 0) is 11.8 Å². The summed E-state index contributed by atoms with van der Waals surface area (Å²) in [6.07, 6.45) is 9.29. The molecule has 2 aromatic heterocycles. The van der Waals surface area contributed by atoms with Crippen molar-refractivity contribution >= 4 is 23.1 Å². The Labute approximate surface area is 166 Å². The third-order valence-electron chi connectivity index (χ3n) is 6.01. The standard InChI is InChI=1S/C20H22F2N6O/c1-11-8-23-19(25-13-9-24-27(2)10-13)26-17(11)12-5-14-3-4-15(6-12)28(14)18(29)16-7-20(16,21)22/h5,8-10,14-16H,3-4,6-7H2,1-2H3,(H,23,25,26)/t14-,15+,16+/m1/s1. The zero-order valence-electron chi connectivity index (χ0n) is 16.3. The van der Waals surface area contributed by atoms with Crippen LogP contribution in [0.1, 0.15) is 36.9 Å². The highest BCUT2D eigenvalue weighted by Gasteiger charge is 2.63. The largest absolute Gasteiger partial charge is 0.332 e. The molecule has 9 heteroatoms. The first-order valence-corrected chi connectivity index (χ1v) is 9.82. The molecule has 2 aliphatic heterocycles. The van der Waals surface area contributed by atoms with Crippen LogP contribution in [0.2, 0.25) is 0 Å². The molecule has 3 atom stereocenters. The summed E-state index contributed by atoms with van der Waals surface area (Å²) in [5.74, 6) is -3.87. The van der Waals surface area contributed by atoms with Gasteiger partial charge in [-0.05, 0) is 37.3 Å². The predicted octanol–water partition coefficient (Wildman–Crippen LogP) is 3.06. The van der Waals surface area contributed by atoms with Crippen molar-refractivity contribution in [3.63, 3.8) is 0 Å². The molecular formula is C20H22F2N6O. The average Bonchev–Trinajstić information content (AvgIpc) is 2.97. The van der Waals surface area contributed by atoms with E-state index in [4.69, 9.17) is 0 Å². The number of alkyl halides is 2. The van der Waals surface area contributed by atoms with Gasteiger partial charge in [-0.1, -0.05) is 6.08 Å². The van der Waals surface area contributed by atoms with Crippen LogP contribution < -0.4 is 5.32 Å². The van der Waals surface area contributed by atoms with Crippen molar-refractivity contribution in [2.24, 2.45) is 13.0 Å². The first-order valence-electron chi connectivity index (χ1n) is 9.82. The number of nitrogens with one attached hydrogen (secondary N) is 1. The maximum absolute atomic E-state index is 13.4. The van der Waals surface area contributed by atoms with Crippen molar-refractivity contribution in [3.05, 3.63) is 35.9 Å². The molecule has 0 radical (unpaired) electrons. The van der Waals surface area contributed by atoms with E-state index in [0.717, 1.165) is 35.4 Å². The number of carbonyl (C=O) groups is 1. The number of nitrogens with zero attached hydrogens (tertiary/aromatic N) is 5. The molecular weight excluding hydrogens is 378 g/mol. The number of aryl methyl sites for hydroxylation is 2. The number of carbonyl (C=O) groups excluding carboxylic acids is 1. The number of hydrogen-bond donors (Lipinski definition) is 1. The summed E-state index contributed by atoms with van der Waals surface area (Å²) in [5.41, 5.74) is 3.63. The Morgan fingerprint density at radius 3 is 2.76 bits per heavy atom. The Balaban J connectivity index is 1.40. The summed E-state index contributed by atoms with van der Waals surface area (Å²) < 4.78 is 28.5. The third-order valence-corrected chi connectivity index (χ3v) is 6.01. The van der Waals surface area contributed by atoms with E-state index in [0.29, 0.717) is 12.4 Å². The van der Waals surface area contributed by atoms with E-state index in [-0.39, 0.29) is 18.5 Å². The third kappa shape index (κ3) is 3.18. The quantitative estimate of drug-likeness (QED) is 0.854. The fourth-order valence-electron chi connectivity index (χ4n) is 4.45. The fourth-order valence-corrected chi connectivity index (χ4v) is 4.45. The minimum atomic E-state index is -2.82. The maximum atomic E-state index is 13.4. The number of amides is 1. The predicted molar refractivity (Wildman–Crippen MR) is 103 cm³/mol. The molecule has 5 rings (SSSR count). The highest BCUT2D eigenvalue weighted by Crippen LogP contribution is 2.51. The second-order valence-corrected chi connectivity index (χ2v) is 8.21. The van der Waals surface area contributed by atoms with Crippen LogP contribution in [0, 0.1) is 12.8 Å². The van der Waals surface area contributed by atoms with Gasteiger partial charge in [0.15, 0.2) is 0 Å². The summed E-state index contributed by atoms with van der Waals surface area (Å²) in [5, 5.41) is 7.27. The smallest absolute Gasteiger partial charge is 0.260 e. The normalized spacial score (nSPS) is 27.0. The molecule has 0 aromatic carbocycles. The van der Waals surface area contributed by atoms with E-state index in [9.17, 15) is 13.6 Å². The topological polar surface area (TPSA) is 75.9 Å². The van der Waals surface area contributed by atoms with Crippen LogP contribution in [0.25, 0.3) is 5.57 Å². The number of halogens is 2. The molecule has 1 saturated heterocycles. The molecule has 1 N–H and O–H groups in total. The zero-order chi connectivity index (χ0) is 20.3. The summed E-state index contributed by atoms with van der Waals surface area (Å²) >= 11 is 0. The molecule has 0 spiro atoms. The van der Waals surface area contributed by atoms with Crippen molar-refractivity contribution in [2.75, 3.05) is 5.32 Å². The second-order valence-electron chi connectivity index (χ2n) is 8.21. The molecule has 1 saturated carbocycles. The molecule has 29 heavy (non-hydrogen) atoms. The summed E-state index contributed by atoms with van der Waals surface area (Å²) in [7, 11) is 1.83. The van der Waals surface area contributed by atoms with Gasteiger partial charge in [0.05, 0.1) is 23.6 Å². The fraction of sp³-hybridized carbons (Fsp3) is 0.500. The van der Waals surface area contributed by atoms with Crippen LogP contribution in [0.5, 0.6) is 0 Å². The summed E-state index contributed by atoms with van der Waals surface area (Å²) in [4.78, 5) is 23.3. The lowest BCUT2D eigenvalue weighted by atomic mass is 9.96. The Kier molecular flexibility index (Phi) is 3.97. The number of aromatic nitrogens is 4. The van der Waals surface area contributed by atoms with Gasteiger partial charge >= 0.3 is 0 Å². The molecule has 4 heterocycles. The number of rotatable bonds is 4. The van der Waals surface area contributed by atoms with Crippen LogP contribution in [0.3, 0.4) is 0 Å². The Morgan fingerprint density at radius 2 is 2.10 bits per heavy atom. The zero-order valence-corrected chi connectivity index (χ0v) is 16.3. The van der Waals surface area contributed by atoms with Gasteiger partial charge < -0.3 is 10.2 Å². The van der Waals surface area contributed by atoms with E-state index in [1.807, 2.05) is 26.2 Å². The summed E-state index contributed by atoms with van der Waals surface area (Å²) in [6, 6.07) is -0.162. The SMILES string of the molecule is Cc1cnc(Nc2cnn(C)c2)nc1C1=C[C@H]2CC[C@@H](C1)N2C(=O)[C@@H]1CC1(F)F. The van der Waals surface area contributed by atoms with Crippen molar-refractivity contribution in [2.45, 2.75) is 50.6 Å². The monoisotopic (exact) mass is 400 g/mol. The van der Waals surface area contributed by atoms with Crippen molar-refractivity contribution in [1.82, 2.24) is 24.6 Å². The van der Waals surface area contributed by atoms with Gasteiger partial charge in [-0.2, -0.15) is 5.10 Å². The number of anilines is 2. The molecule has 2 aromatic rings. The first-order chi connectivity index (χ1) is 13.8. The highest BCUT2D eigenvalue weighted by molar-refractivity contribution is 5.85. The van der Waals surface area contributed by atoms with Crippen molar-refractivity contribution in [3.8, 4) is 0 Å². The van der Waals surface area contributed by atoms with Crippen LogP contribution in [0.15, 0.2) is 24.7 Å². The van der Waals surface area contributed by atoms with Crippen molar-refractivity contribution < 1.29 is 13.6 Å². The molecule has 3 aliphatic rings. The van der Waals surface area contributed by atoms with Gasteiger partial charge in [-0.3, -0.25) is 9.48 Å². The molecule has 152 valence electrons. The van der Waals surface area contributed by atoms with Gasteiger partial charge in [-0.25, -0.2) is 18.7 Å². The molecule has 0 unspecified atom stereocenters. The summed E-state index contributed by atoms with van der Waals surface area (Å²) in [6.45, 7) is 1.95. The Hall–Kier alpha value is -2.84. The van der Waals surface area contributed by atoms with Gasteiger partial charge in [-0.15, -0.1) is 0 Å². The minimum absolute atomic E-state index is 0.0343. The molecule has 7 nitrogen and oxygen atoms in total.